The molecule has 0 unspecified atom stereocenters. The number of amides is 1. The van der Waals surface area contributed by atoms with Gasteiger partial charge >= 0.3 is 5.97 Å². The molecule has 1 saturated heterocycles. The monoisotopic (exact) mass is 304 g/mol. The van der Waals surface area contributed by atoms with E-state index in [4.69, 9.17) is 16.2 Å². The van der Waals surface area contributed by atoms with Crippen LogP contribution in [0.3, 0.4) is 0 Å². The van der Waals surface area contributed by atoms with Crippen LogP contribution in [0.4, 0.5) is 0 Å². The number of carbonyl (C=O) groups is 2. The summed E-state index contributed by atoms with van der Waals surface area (Å²) >= 11 is 0. The van der Waals surface area contributed by atoms with Crippen LogP contribution in [0.25, 0.3) is 0 Å². The number of benzene rings is 1. The molecule has 4 N–H and O–H groups in total. The number of carboxylic acids is 1. The van der Waals surface area contributed by atoms with Crippen molar-refractivity contribution >= 4 is 17.7 Å². The Morgan fingerprint density at radius 2 is 1.64 bits per heavy atom. The van der Waals surface area contributed by atoms with Gasteiger partial charge in [0.15, 0.2) is 0 Å². The zero-order valence-corrected chi connectivity index (χ0v) is 12.3. The number of nitrogens with two attached hydrogens (primary N) is 1. The highest BCUT2D eigenvalue weighted by Gasteiger charge is 2.22. The van der Waals surface area contributed by atoms with E-state index in [0.717, 1.165) is 0 Å². The molecule has 0 bridgehead atoms. The Bertz CT molecular complexity index is 563. The Hall–Kier alpha value is -2.41. The maximum Gasteiger partial charge on any atom is 0.304 e. The fourth-order valence-electron chi connectivity index (χ4n) is 2.40. The molecule has 1 fully saturated rings. The lowest BCUT2D eigenvalue weighted by Crippen LogP contribution is -2.49. The van der Waals surface area contributed by atoms with Gasteiger partial charge in [0.25, 0.3) is 5.91 Å². The van der Waals surface area contributed by atoms with Gasteiger partial charge in [0.2, 0.25) is 0 Å². The Balaban J connectivity index is 1.89. The number of nitrogens with zero attached hydrogens (tertiary/aromatic N) is 2. The van der Waals surface area contributed by atoms with Crippen LogP contribution in [-0.2, 0) is 4.79 Å². The first kappa shape index (κ1) is 16.0. The number of aliphatic carboxylic acids is 1. The topological polar surface area (TPSA) is 111 Å². The first-order chi connectivity index (χ1) is 10.5. The van der Waals surface area contributed by atoms with E-state index in [2.05, 4.69) is 4.90 Å². The van der Waals surface area contributed by atoms with E-state index in [1.54, 1.807) is 29.2 Å². The van der Waals surface area contributed by atoms with Gasteiger partial charge in [-0.2, -0.15) is 0 Å². The predicted octanol–water partition coefficient (Wildman–Crippen LogP) is 0.203. The Morgan fingerprint density at radius 1 is 1.09 bits per heavy atom. The second kappa shape index (κ2) is 7.04. The number of nitrogen functional groups attached to an aromatic ring is 1. The van der Waals surface area contributed by atoms with Crippen LogP contribution < -0.4 is 5.73 Å². The number of carboxylic acid groups (broad SMARTS) is 1. The van der Waals surface area contributed by atoms with Gasteiger partial charge in [-0.05, 0) is 12.1 Å². The van der Waals surface area contributed by atoms with Gasteiger partial charge in [0.05, 0.1) is 6.42 Å². The average molecular weight is 304 g/mol. The zero-order chi connectivity index (χ0) is 16.1. The Morgan fingerprint density at radius 3 is 2.14 bits per heavy atom. The normalized spacial score (nSPS) is 15.5. The van der Waals surface area contributed by atoms with E-state index >= 15 is 0 Å². The van der Waals surface area contributed by atoms with Crippen molar-refractivity contribution in [1.29, 1.82) is 5.41 Å². The lowest BCUT2D eigenvalue weighted by atomic mass is 10.1. The fourth-order valence-corrected chi connectivity index (χ4v) is 2.40. The minimum atomic E-state index is -0.802. The third-order valence-corrected chi connectivity index (χ3v) is 3.74. The lowest BCUT2D eigenvalue weighted by Gasteiger charge is -2.34. The molecule has 0 aliphatic carbocycles. The molecule has 1 heterocycles. The summed E-state index contributed by atoms with van der Waals surface area (Å²) in [5.41, 5.74) is 6.55. The van der Waals surface area contributed by atoms with E-state index in [0.29, 0.717) is 43.9 Å². The fraction of sp³-hybridized carbons (Fsp3) is 0.400. The van der Waals surface area contributed by atoms with Crippen LogP contribution in [0, 0.1) is 5.41 Å². The second-order valence-electron chi connectivity index (χ2n) is 5.27. The molecule has 1 aromatic rings. The summed E-state index contributed by atoms with van der Waals surface area (Å²) in [4.78, 5) is 26.8. The molecule has 1 amide bonds. The molecule has 0 radical (unpaired) electrons. The number of carbonyl (C=O) groups excluding carboxylic acids is 1. The van der Waals surface area contributed by atoms with E-state index in [9.17, 15) is 9.59 Å². The second-order valence-corrected chi connectivity index (χ2v) is 5.27. The van der Waals surface area contributed by atoms with Crippen molar-refractivity contribution in [3.8, 4) is 0 Å². The molecule has 1 aliphatic rings. The van der Waals surface area contributed by atoms with E-state index in [1.807, 2.05) is 0 Å². The van der Waals surface area contributed by atoms with Gasteiger partial charge in [-0.15, -0.1) is 0 Å². The van der Waals surface area contributed by atoms with Gasteiger partial charge in [0.1, 0.15) is 5.84 Å². The number of amidine groups is 1. The predicted molar refractivity (Wildman–Crippen MR) is 82.1 cm³/mol. The number of hydrogen-bond donors (Lipinski definition) is 3. The first-order valence-electron chi connectivity index (χ1n) is 7.15. The largest absolute Gasteiger partial charge is 0.481 e. The van der Waals surface area contributed by atoms with Crippen molar-refractivity contribution in [1.82, 2.24) is 9.80 Å². The van der Waals surface area contributed by atoms with Crippen molar-refractivity contribution < 1.29 is 14.7 Å². The van der Waals surface area contributed by atoms with Gasteiger partial charge < -0.3 is 15.7 Å². The summed E-state index contributed by atoms with van der Waals surface area (Å²) in [6, 6.07) is 6.68. The zero-order valence-electron chi connectivity index (χ0n) is 12.3. The van der Waals surface area contributed by atoms with Crippen LogP contribution in [0.5, 0.6) is 0 Å². The van der Waals surface area contributed by atoms with Gasteiger partial charge in [0, 0.05) is 43.9 Å². The summed E-state index contributed by atoms with van der Waals surface area (Å²) < 4.78 is 0. The van der Waals surface area contributed by atoms with Crippen molar-refractivity contribution in [2.75, 3.05) is 32.7 Å². The number of hydrogen-bond acceptors (Lipinski definition) is 4. The minimum absolute atomic E-state index is 0.0222. The molecular weight excluding hydrogens is 284 g/mol. The highest BCUT2D eigenvalue weighted by molar-refractivity contribution is 5.98. The average Bonchev–Trinajstić information content (AvgIpc) is 2.53. The summed E-state index contributed by atoms with van der Waals surface area (Å²) in [5.74, 6) is -0.872. The van der Waals surface area contributed by atoms with Crippen LogP contribution in [-0.4, -0.2) is 65.3 Å². The highest BCUT2D eigenvalue weighted by atomic mass is 16.4. The minimum Gasteiger partial charge on any atom is -0.481 e. The van der Waals surface area contributed by atoms with Crippen LogP contribution >= 0.6 is 0 Å². The molecule has 1 aromatic carbocycles. The highest BCUT2D eigenvalue weighted by Crippen LogP contribution is 2.10. The van der Waals surface area contributed by atoms with Crippen molar-refractivity contribution in [3.63, 3.8) is 0 Å². The van der Waals surface area contributed by atoms with E-state index < -0.39 is 5.97 Å². The molecule has 0 aromatic heterocycles. The van der Waals surface area contributed by atoms with Crippen LogP contribution in [0.1, 0.15) is 22.3 Å². The number of piperazine rings is 1. The van der Waals surface area contributed by atoms with Crippen molar-refractivity contribution in [3.05, 3.63) is 35.4 Å². The summed E-state index contributed by atoms with van der Waals surface area (Å²) in [6.07, 6.45) is 0.125. The molecule has 0 spiro atoms. The van der Waals surface area contributed by atoms with Crippen molar-refractivity contribution in [2.45, 2.75) is 6.42 Å². The third kappa shape index (κ3) is 4.05. The molecule has 0 atom stereocenters. The molecule has 7 heteroatoms. The standard InChI is InChI=1S/C15H20N4O3/c16-14(17)11-1-3-12(4-2-11)15(22)19-9-7-18(8-10-19)6-5-13(20)21/h1-4H,5-10H2,(H3,16,17)(H,20,21). The maximum absolute atomic E-state index is 12.4. The number of nitrogens with one attached hydrogen (secondary N) is 1. The van der Waals surface area contributed by atoms with Crippen molar-refractivity contribution in [2.24, 2.45) is 5.73 Å². The smallest absolute Gasteiger partial charge is 0.304 e. The molecule has 22 heavy (non-hydrogen) atoms. The first-order valence-corrected chi connectivity index (χ1v) is 7.15. The summed E-state index contributed by atoms with van der Waals surface area (Å²) in [7, 11) is 0. The number of rotatable bonds is 5. The lowest BCUT2D eigenvalue weighted by molar-refractivity contribution is -0.137. The summed E-state index contributed by atoms with van der Waals surface area (Å²) in [5, 5.41) is 16.0. The maximum atomic E-state index is 12.4. The molecule has 2 rings (SSSR count). The van der Waals surface area contributed by atoms with Gasteiger partial charge in [-0.3, -0.25) is 19.9 Å². The third-order valence-electron chi connectivity index (χ3n) is 3.74. The van der Waals surface area contributed by atoms with Crippen LogP contribution in [0.15, 0.2) is 24.3 Å². The molecule has 0 saturated carbocycles. The Kier molecular flexibility index (Phi) is 5.11. The molecular formula is C15H20N4O3. The molecule has 1 aliphatic heterocycles. The summed E-state index contributed by atoms with van der Waals surface area (Å²) in [6.45, 7) is 3.07. The molecule has 7 nitrogen and oxygen atoms in total. The van der Waals surface area contributed by atoms with Crippen LogP contribution in [0.2, 0.25) is 0 Å². The van der Waals surface area contributed by atoms with E-state index in [-0.39, 0.29) is 18.2 Å². The van der Waals surface area contributed by atoms with Gasteiger partial charge in [-0.1, -0.05) is 12.1 Å². The van der Waals surface area contributed by atoms with E-state index in [1.165, 1.54) is 0 Å². The quantitative estimate of drug-likeness (QED) is 0.532. The van der Waals surface area contributed by atoms with Gasteiger partial charge in [-0.25, -0.2) is 0 Å². The SMILES string of the molecule is N=C(N)c1ccc(C(=O)N2CCN(CCC(=O)O)CC2)cc1. The molecule has 118 valence electrons. The Labute approximate surface area is 128 Å².